The van der Waals surface area contributed by atoms with Crippen LogP contribution in [0.1, 0.15) is 12.0 Å². The third-order valence-corrected chi connectivity index (χ3v) is 3.58. The summed E-state index contributed by atoms with van der Waals surface area (Å²) in [6, 6.07) is 10.2. The van der Waals surface area contributed by atoms with Gasteiger partial charge in [0.05, 0.1) is 0 Å². The van der Waals surface area contributed by atoms with E-state index in [0.717, 1.165) is 0 Å². The highest BCUT2D eigenvalue weighted by Gasteiger charge is 2.14. The van der Waals surface area contributed by atoms with Crippen LogP contribution in [-0.2, 0) is 11.3 Å². The third kappa shape index (κ3) is 4.18. The largest absolute Gasteiger partial charge is 0.370 e. The molecule has 2 aromatic rings. The highest BCUT2D eigenvalue weighted by atomic mass is 35.5. The number of anilines is 1. The second kappa shape index (κ2) is 7.22. The zero-order chi connectivity index (χ0) is 16.1. The van der Waals surface area contributed by atoms with E-state index in [1.165, 1.54) is 24.3 Å². The molecule has 1 amide bonds. The number of hydrogen-bond donors (Lipinski definition) is 1. The lowest BCUT2D eigenvalue weighted by Crippen LogP contribution is -2.28. The van der Waals surface area contributed by atoms with E-state index in [1.54, 1.807) is 23.1 Å². The van der Waals surface area contributed by atoms with Crippen molar-refractivity contribution in [3.8, 4) is 0 Å². The predicted molar refractivity (Wildman–Crippen MR) is 82.7 cm³/mol. The molecule has 0 aliphatic carbocycles. The number of amides is 1. The van der Waals surface area contributed by atoms with Crippen LogP contribution >= 0.6 is 11.6 Å². The normalized spacial score (nSPS) is 10.5. The summed E-state index contributed by atoms with van der Waals surface area (Å²) in [5.74, 6) is -1.27. The zero-order valence-corrected chi connectivity index (χ0v) is 12.5. The molecule has 0 saturated carbocycles. The predicted octanol–water partition coefficient (Wildman–Crippen LogP) is 3.50. The van der Waals surface area contributed by atoms with Crippen LogP contribution in [0.25, 0.3) is 0 Å². The number of carbonyl (C=O) groups excluding carboxylic acids is 1. The van der Waals surface area contributed by atoms with Gasteiger partial charge in [-0.15, -0.1) is 0 Å². The number of carbonyl (C=O) groups is 1. The molecule has 2 N–H and O–H groups in total. The fourth-order valence-electron chi connectivity index (χ4n) is 2.07. The van der Waals surface area contributed by atoms with Crippen molar-refractivity contribution in [2.45, 2.75) is 13.0 Å². The fourth-order valence-corrected chi connectivity index (χ4v) is 2.29. The molecule has 0 radical (unpaired) electrons. The smallest absolute Gasteiger partial charge is 0.219 e. The summed E-state index contributed by atoms with van der Waals surface area (Å²) < 4.78 is 27.0. The minimum atomic E-state index is -0.466. The summed E-state index contributed by atoms with van der Waals surface area (Å²) >= 11 is 6.03. The van der Waals surface area contributed by atoms with E-state index in [-0.39, 0.29) is 25.3 Å². The molecule has 0 aromatic heterocycles. The molecule has 0 heterocycles. The number of benzene rings is 2. The number of nitrogens with two attached hydrogens (primary N) is 1. The van der Waals surface area contributed by atoms with Gasteiger partial charge < -0.3 is 10.6 Å². The Kier molecular flexibility index (Phi) is 5.33. The first-order valence-corrected chi connectivity index (χ1v) is 7.07. The summed E-state index contributed by atoms with van der Waals surface area (Å²) in [5.41, 5.74) is 6.14. The molecule has 0 saturated heterocycles. The summed E-state index contributed by atoms with van der Waals surface area (Å²) in [6.45, 7) is 0.441. The average Bonchev–Trinajstić information content (AvgIpc) is 2.47. The maximum Gasteiger partial charge on any atom is 0.219 e. The van der Waals surface area contributed by atoms with Crippen molar-refractivity contribution in [2.24, 2.45) is 5.73 Å². The molecule has 116 valence electrons. The van der Waals surface area contributed by atoms with Gasteiger partial charge in [-0.05, 0) is 36.4 Å². The Morgan fingerprint density at radius 2 is 1.82 bits per heavy atom. The van der Waals surface area contributed by atoms with E-state index in [2.05, 4.69) is 0 Å². The van der Waals surface area contributed by atoms with Crippen LogP contribution in [0.5, 0.6) is 0 Å². The van der Waals surface area contributed by atoms with Crippen LogP contribution < -0.4 is 10.6 Å². The van der Waals surface area contributed by atoms with E-state index in [1.807, 2.05) is 0 Å². The Labute approximate surface area is 132 Å². The van der Waals surface area contributed by atoms with Crippen molar-refractivity contribution in [3.63, 3.8) is 0 Å². The van der Waals surface area contributed by atoms with Gasteiger partial charge in [0.2, 0.25) is 5.91 Å². The summed E-state index contributed by atoms with van der Waals surface area (Å²) in [7, 11) is 0. The lowest BCUT2D eigenvalue weighted by molar-refractivity contribution is -0.117. The Morgan fingerprint density at radius 1 is 1.14 bits per heavy atom. The van der Waals surface area contributed by atoms with Gasteiger partial charge in [-0.1, -0.05) is 17.7 Å². The molecule has 22 heavy (non-hydrogen) atoms. The second-order valence-corrected chi connectivity index (χ2v) is 5.22. The van der Waals surface area contributed by atoms with Gasteiger partial charge in [0, 0.05) is 35.8 Å². The quantitative estimate of drug-likeness (QED) is 0.884. The molecule has 0 spiro atoms. The summed E-state index contributed by atoms with van der Waals surface area (Å²) in [4.78, 5) is 12.7. The van der Waals surface area contributed by atoms with Gasteiger partial charge in [0.15, 0.2) is 0 Å². The number of hydrogen-bond acceptors (Lipinski definition) is 2. The molecule has 0 unspecified atom stereocenters. The van der Waals surface area contributed by atoms with Crippen LogP contribution in [0, 0.1) is 11.6 Å². The molecule has 0 aliphatic heterocycles. The molecule has 6 heteroatoms. The molecular weight excluding hydrogens is 310 g/mol. The Morgan fingerprint density at radius 3 is 2.41 bits per heavy atom. The van der Waals surface area contributed by atoms with Gasteiger partial charge in [-0.3, -0.25) is 4.79 Å². The number of rotatable bonds is 6. The van der Waals surface area contributed by atoms with Crippen molar-refractivity contribution >= 4 is 23.2 Å². The van der Waals surface area contributed by atoms with Gasteiger partial charge in [0.1, 0.15) is 11.6 Å². The van der Waals surface area contributed by atoms with E-state index >= 15 is 0 Å². The Balaban J connectivity index is 2.28. The van der Waals surface area contributed by atoms with Crippen LogP contribution in [0.15, 0.2) is 42.5 Å². The van der Waals surface area contributed by atoms with Crippen LogP contribution in [0.4, 0.5) is 14.5 Å². The van der Waals surface area contributed by atoms with Gasteiger partial charge >= 0.3 is 0 Å². The SMILES string of the molecule is NC(=O)CCN(Cc1c(F)cccc1Cl)c1ccc(F)cc1. The van der Waals surface area contributed by atoms with Crippen molar-refractivity contribution in [1.29, 1.82) is 0 Å². The minimum absolute atomic E-state index is 0.101. The number of halogens is 3. The molecule has 0 aliphatic rings. The van der Waals surface area contributed by atoms with Crippen LogP contribution in [0.3, 0.4) is 0 Å². The third-order valence-electron chi connectivity index (χ3n) is 3.23. The number of primary amides is 1. The number of nitrogens with zero attached hydrogens (tertiary/aromatic N) is 1. The molecule has 3 nitrogen and oxygen atoms in total. The molecule has 0 fully saturated rings. The maximum absolute atomic E-state index is 13.9. The lowest BCUT2D eigenvalue weighted by Gasteiger charge is -2.25. The minimum Gasteiger partial charge on any atom is -0.370 e. The zero-order valence-electron chi connectivity index (χ0n) is 11.7. The topological polar surface area (TPSA) is 46.3 Å². The highest BCUT2D eigenvalue weighted by Crippen LogP contribution is 2.24. The van der Waals surface area contributed by atoms with E-state index < -0.39 is 11.7 Å². The van der Waals surface area contributed by atoms with Crippen molar-refractivity contribution < 1.29 is 13.6 Å². The Hall–Kier alpha value is -2.14. The maximum atomic E-state index is 13.9. The summed E-state index contributed by atoms with van der Waals surface area (Å²) in [5, 5.41) is 0.297. The fraction of sp³-hybridized carbons (Fsp3) is 0.188. The average molecular weight is 325 g/mol. The first-order chi connectivity index (χ1) is 10.5. The van der Waals surface area contributed by atoms with Crippen LogP contribution in [-0.4, -0.2) is 12.5 Å². The molecule has 2 aromatic carbocycles. The van der Waals surface area contributed by atoms with Crippen LogP contribution in [0.2, 0.25) is 5.02 Å². The molecule has 0 atom stereocenters. The van der Waals surface area contributed by atoms with Crippen molar-refractivity contribution in [2.75, 3.05) is 11.4 Å². The standard InChI is InChI=1S/C16H15ClF2N2O/c17-14-2-1-3-15(19)13(14)10-21(9-8-16(20)22)12-6-4-11(18)5-7-12/h1-7H,8-10H2,(H2,20,22). The first kappa shape index (κ1) is 16.2. The second-order valence-electron chi connectivity index (χ2n) is 4.81. The van der Waals surface area contributed by atoms with Gasteiger partial charge in [-0.2, -0.15) is 0 Å². The van der Waals surface area contributed by atoms with E-state index in [4.69, 9.17) is 17.3 Å². The summed E-state index contributed by atoms with van der Waals surface area (Å²) in [6.07, 6.45) is 0.101. The molecule has 2 rings (SSSR count). The first-order valence-electron chi connectivity index (χ1n) is 6.69. The molecule has 0 bridgehead atoms. The van der Waals surface area contributed by atoms with Gasteiger partial charge in [0.25, 0.3) is 0 Å². The Bertz CT molecular complexity index is 641. The monoisotopic (exact) mass is 324 g/mol. The van der Waals surface area contributed by atoms with E-state index in [0.29, 0.717) is 16.3 Å². The molecular formula is C16H15ClF2N2O. The van der Waals surface area contributed by atoms with Crippen molar-refractivity contribution in [1.82, 2.24) is 0 Å². The van der Waals surface area contributed by atoms with Gasteiger partial charge in [-0.25, -0.2) is 8.78 Å². The lowest BCUT2D eigenvalue weighted by atomic mass is 10.1. The van der Waals surface area contributed by atoms with Crippen molar-refractivity contribution in [3.05, 3.63) is 64.7 Å². The highest BCUT2D eigenvalue weighted by molar-refractivity contribution is 6.31. The van der Waals surface area contributed by atoms with E-state index in [9.17, 15) is 13.6 Å².